The second kappa shape index (κ2) is 7.64. The van der Waals surface area contributed by atoms with Gasteiger partial charge in [0.1, 0.15) is 5.82 Å². The van der Waals surface area contributed by atoms with Crippen LogP contribution in [0, 0.1) is 22.6 Å². The molecule has 1 aliphatic rings. The molecule has 1 aliphatic carbocycles. The summed E-state index contributed by atoms with van der Waals surface area (Å²) in [5.41, 5.74) is 1.07. The largest absolute Gasteiger partial charge is 0.302 e. The van der Waals surface area contributed by atoms with E-state index in [0.29, 0.717) is 18.4 Å². The van der Waals surface area contributed by atoms with Crippen molar-refractivity contribution in [2.45, 2.75) is 38.1 Å². The molecule has 1 aromatic carbocycles. The fourth-order valence-electron chi connectivity index (χ4n) is 3.71. The summed E-state index contributed by atoms with van der Waals surface area (Å²) in [5.74, 6) is 1.03. The van der Waals surface area contributed by atoms with Crippen molar-refractivity contribution >= 4 is 0 Å². The molecule has 0 heterocycles. The minimum Gasteiger partial charge on any atom is -0.302 e. The predicted octanol–water partition coefficient (Wildman–Crippen LogP) is 4.39. The molecule has 1 atom stereocenters. The molecule has 0 saturated heterocycles. The molecular formula is C17H25FN2O. The zero-order valence-corrected chi connectivity index (χ0v) is 13.0. The van der Waals surface area contributed by atoms with Gasteiger partial charge in [0.15, 0.2) is 0 Å². The minimum atomic E-state index is -0.162. The minimum absolute atomic E-state index is 0.162. The van der Waals surface area contributed by atoms with E-state index in [1.807, 2.05) is 6.07 Å². The number of halogens is 1. The molecule has 0 bridgehead atoms. The molecule has 1 saturated carbocycles. The van der Waals surface area contributed by atoms with E-state index >= 15 is 0 Å². The molecule has 1 fully saturated rings. The van der Waals surface area contributed by atoms with E-state index in [1.165, 1.54) is 6.07 Å². The standard InChI is InChI=1S/C17H25FN2O/c1-20(2)17(15-4-3-5-16(18)12-15)14-8-6-13(7-9-14)10-11-19-21/h3-5,12-14,17H,6-11H2,1-2H3. The van der Waals surface area contributed by atoms with Crippen LogP contribution in [0.3, 0.4) is 0 Å². The lowest BCUT2D eigenvalue weighted by Gasteiger charge is -2.37. The second-order valence-electron chi connectivity index (χ2n) is 6.39. The Hall–Kier alpha value is -1.29. The summed E-state index contributed by atoms with van der Waals surface area (Å²) in [6.07, 6.45) is 5.51. The van der Waals surface area contributed by atoms with Crippen molar-refractivity contribution in [3.05, 3.63) is 40.6 Å². The van der Waals surface area contributed by atoms with Gasteiger partial charge >= 0.3 is 0 Å². The van der Waals surface area contributed by atoms with Crippen LogP contribution >= 0.6 is 0 Å². The SMILES string of the molecule is CN(C)C(c1cccc(F)c1)C1CCC(CCN=O)CC1. The van der Waals surface area contributed by atoms with Gasteiger partial charge in [0.2, 0.25) is 0 Å². The molecule has 0 N–H and O–H groups in total. The molecule has 2 rings (SSSR count). The van der Waals surface area contributed by atoms with Crippen molar-refractivity contribution in [1.29, 1.82) is 0 Å². The van der Waals surface area contributed by atoms with Gasteiger partial charge in [-0.3, -0.25) is 0 Å². The molecule has 0 aliphatic heterocycles. The van der Waals surface area contributed by atoms with E-state index in [1.54, 1.807) is 12.1 Å². The summed E-state index contributed by atoms with van der Waals surface area (Å²) >= 11 is 0. The highest BCUT2D eigenvalue weighted by Gasteiger charge is 2.29. The van der Waals surface area contributed by atoms with Crippen molar-refractivity contribution < 1.29 is 4.39 Å². The topological polar surface area (TPSA) is 32.7 Å². The van der Waals surface area contributed by atoms with Crippen LogP contribution < -0.4 is 0 Å². The quantitative estimate of drug-likeness (QED) is 0.728. The molecule has 0 amide bonds. The van der Waals surface area contributed by atoms with Crippen molar-refractivity contribution in [3.8, 4) is 0 Å². The van der Waals surface area contributed by atoms with Gasteiger partial charge in [0.25, 0.3) is 0 Å². The first kappa shape index (κ1) is 16.1. The van der Waals surface area contributed by atoms with E-state index in [4.69, 9.17) is 0 Å². The Bertz CT molecular complexity index is 456. The van der Waals surface area contributed by atoms with Gasteiger partial charge < -0.3 is 4.90 Å². The summed E-state index contributed by atoms with van der Waals surface area (Å²) in [6, 6.07) is 7.25. The maximum absolute atomic E-state index is 13.5. The van der Waals surface area contributed by atoms with Crippen LogP contribution in [-0.2, 0) is 0 Å². The summed E-state index contributed by atoms with van der Waals surface area (Å²) in [7, 11) is 4.13. The fraction of sp³-hybridized carbons (Fsp3) is 0.647. The van der Waals surface area contributed by atoms with Crippen LogP contribution in [0.4, 0.5) is 4.39 Å². The number of rotatable bonds is 6. The Morgan fingerprint density at radius 3 is 2.57 bits per heavy atom. The second-order valence-corrected chi connectivity index (χ2v) is 6.39. The molecule has 4 heteroatoms. The average molecular weight is 292 g/mol. The molecule has 21 heavy (non-hydrogen) atoms. The molecule has 1 aromatic rings. The number of benzene rings is 1. The lowest BCUT2D eigenvalue weighted by Crippen LogP contribution is -2.30. The molecule has 1 unspecified atom stereocenters. The normalized spacial score (nSPS) is 24.0. The first-order valence-corrected chi connectivity index (χ1v) is 7.83. The maximum Gasteiger partial charge on any atom is 0.123 e. The van der Waals surface area contributed by atoms with Gasteiger partial charge in [-0.1, -0.05) is 30.2 Å². The van der Waals surface area contributed by atoms with Crippen molar-refractivity contribution in [2.75, 3.05) is 20.6 Å². The van der Waals surface area contributed by atoms with Crippen LogP contribution in [0.2, 0.25) is 0 Å². The van der Waals surface area contributed by atoms with Crippen LogP contribution in [-0.4, -0.2) is 25.5 Å². The maximum atomic E-state index is 13.5. The first-order chi connectivity index (χ1) is 10.1. The summed E-state index contributed by atoms with van der Waals surface area (Å²) in [4.78, 5) is 12.4. The van der Waals surface area contributed by atoms with Crippen LogP contribution in [0.25, 0.3) is 0 Å². The smallest absolute Gasteiger partial charge is 0.123 e. The molecular weight excluding hydrogens is 267 g/mol. The first-order valence-electron chi connectivity index (χ1n) is 7.83. The average Bonchev–Trinajstić information content (AvgIpc) is 2.46. The van der Waals surface area contributed by atoms with E-state index in [2.05, 4.69) is 24.2 Å². The van der Waals surface area contributed by atoms with Gasteiger partial charge in [-0.05, 0) is 62.9 Å². The van der Waals surface area contributed by atoms with Crippen molar-refractivity contribution in [2.24, 2.45) is 17.0 Å². The van der Waals surface area contributed by atoms with E-state index < -0.39 is 0 Å². The zero-order chi connectivity index (χ0) is 15.2. The van der Waals surface area contributed by atoms with Gasteiger partial charge in [-0.2, -0.15) is 4.91 Å². The van der Waals surface area contributed by atoms with Crippen molar-refractivity contribution in [3.63, 3.8) is 0 Å². The summed E-state index contributed by atoms with van der Waals surface area (Å²) < 4.78 is 13.5. The van der Waals surface area contributed by atoms with Gasteiger partial charge in [0.05, 0.1) is 6.54 Å². The molecule has 3 nitrogen and oxygen atoms in total. The predicted molar refractivity (Wildman–Crippen MR) is 83.6 cm³/mol. The highest BCUT2D eigenvalue weighted by atomic mass is 19.1. The Morgan fingerprint density at radius 2 is 2.00 bits per heavy atom. The fourth-order valence-corrected chi connectivity index (χ4v) is 3.71. The Balaban J connectivity index is 2.02. The number of hydrogen-bond donors (Lipinski definition) is 0. The highest BCUT2D eigenvalue weighted by Crippen LogP contribution is 2.40. The summed E-state index contributed by atoms with van der Waals surface area (Å²) in [5, 5.41) is 2.97. The number of nitroso groups, excluding NO2 is 1. The van der Waals surface area contributed by atoms with Crippen molar-refractivity contribution in [1.82, 2.24) is 4.90 Å². The molecule has 0 spiro atoms. The van der Waals surface area contributed by atoms with Crippen LogP contribution in [0.1, 0.15) is 43.7 Å². The number of hydrogen-bond acceptors (Lipinski definition) is 3. The van der Waals surface area contributed by atoms with E-state index in [0.717, 1.165) is 37.7 Å². The molecule has 0 aromatic heterocycles. The highest BCUT2D eigenvalue weighted by molar-refractivity contribution is 5.21. The van der Waals surface area contributed by atoms with Crippen LogP contribution in [0.5, 0.6) is 0 Å². The monoisotopic (exact) mass is 292 g/mol. The number of nitrogens with zero attached hydrogens (tertiary/aromatic N) is 2. The Labute approximate surface area is 126 Å². The lowest BCUT2D eigenvalue weighted by molar-refractivity contribution is 0.147. The zero-order valence-electron chi connectivity index (χ0n) is 13.0. The van der Waals surface area contributed by atoms with E-state index in [9.17, 15) is 9.30 Å². The lowest BCUT2D eigenvalue weighted by atomic mass is 9.75. The van der Waals surface area contributed by atoms with E-state index in [-0.39, 0.29) is 11.9 Å². The summed E-state index contributed by atoms with van der Waals surface area (Å²) in [6.45, 7) is 0.441. The van der Waals surface area contributed by atoms with Gasteiger partial charge in [-0.15, -0.1) is 0 Å². The third-order valence-electron chi connectivity index (χ3n) is 4.71. The Kier molecular flexibility index (Phi) is 5.85. The third kappa shape index (κ3) is 4.34. The molecule has 116 valence electrons. The van der Waals surface area contributed by atoms with Gasteiger partial charge in [-0.25, -0.2) is 4.39 Å². The van der Waals surface area contributed by atoms with Crippen LogP contribution in [0.15, 0.2) is 29.4 Å². The van der Waals surface area contributed by atoms with Gasteiger partial charge in [0, 0.05) is 6.04 Å². The Morgan fingerprint density at radius 1 is 1.29 bits per heavy atom. The molecule has 0 radical (unpaired) electrons. The third-order valence-corrected chi connectivity index (χ3v) is 4.71.